The third kappa shape index (κ3) is 23.6. The summed E-state index contributed by atoms with van der Waals surface area (Å²) in [6.07, 6.45) is 32.4. The van der Waals surface area contributed by atoms with Crippen molar-refractivity contribution >= 4 is 5.97 Å². The molecule has 0 spiro atoms. The Kier molecular flexibility index (Phi) is 28.8. The van der Waals surface area contributed by atoms with Crippen molar-refractivity contribution < 1.29 is 44.2 Å². The normalized spacial score (nSPS) is 22.6. The molecule has 280 valence electrons. The van der Waals surface area contributed by atoms with Gasteiger partial charge in [0.2, 0.25) is 0 Å². The number of aliphatic hydroxyl groups is 4. The van der Waals surface area contributed by atoms with Gasteiger partial charge in [-0.3, -0.25) is 4.79 Å². The van der Waals surface area contributed by atoms with Crippen molar-refractivity contribution in [2.75, 3.05) is 26.4 Å². The minimum absolute atomic E-state index is 0.0828. The quantitative estimate of drug-likeness (QED) is 0.0373. The van der Waals surface area contributed by atoms with E-state index in [9.17, 15) is 25.2 Å². The lowest BCUT2D eigenvalue weighted by Crippen LogP contribution is -2.59. The summed E-state index contributed by atoms with van der Waals surface area (Å²) in [5.41, 5.74) is 0. The fraction of sp³-hybridized carbons (Fsp3) is 0.675. The van der Waals surface area contributed by atoms with E-state index < -0.39 is 43.4 Å². The minimum Gasteiger partial charge on any atom is -0.457 e. The lowest BCUT2D eigenvalue weighted by Gasteiger charge is -2.39. The number of carbonyl (C=O) groups excluding carboxylic acids is 1. The summed E-state index contributed by atoms with van der Waals surface area (Å²) < 4.78 is 22.5. The Morgan fingerprint density at radius 2 is 1.24 bits per heavy atom. The van der Waals surface area contributed by atoms with Gasteiger partial charge in [-0.25, -0.2) is 0 Å². The maximum atomic E-state index is 12.6. The first-order chi connectivity index (χ1) is 23.9. The van der Waals surface area contributed by atoms with Crippen LogP contribution in [0.1, 0.15) is 110 Å². The first-order valence-electron chi connectivity index (χ1n) is 18.5. The van der Waals surface area contributed by atoms with E-state index in [1.807, 2.05) is 6.08 Å². The predicted octanol–water partition coefficient (Wildman–Crippen LogP) is 6.96. The van der Waals surface area contributed by atoms with Gasteiger partial charge in [-0.1, -0.05) is 112 Å². The number of allylic oxidation sites excluding steroid dienone is 11. The second kappa shape index (κ2) is 31.6. The number of carbonyl (C=O) groups is 1. The molecule has 0 radical (unpaired) electrons. The van der Waals surface area contributed by atoms with Gasteiger partial charge in [-0.15, -0.1) is 0 Å². The molecular formula is C40H66O9. The van der Waals surface area contributed by atoms with Crippen molar-refractivity contribution in [3.8, 4) is 0 Å². The van der Waals surface area contributed by atoms with E-state index in [1.54, 1.807) is 0 Å². The molecule has 0 aromatic carbocycles. The van der Waals surface area contributed by atoms with Gasteiger partial charge in [-0.05, 0) is 64.2 Å². The maximum absolute atomic E-state index is 12.6. The highest BCUT2D eigenvalue weighted by molar-refractivity contribution is 5.69. The first kappa shape index (κ1) is 44.7. The van der Waals surface area contributed by atoms with E-state index in [0.717, 1.165) is 77.0 Å². The van der Waals surface area contributed by atoms with E-state index >= 15 is 0 Å². The molecule has 1 saturated heterocycles. The third-order valence-electron chi connectivity index (χ3n) is 7.86. The number of hydrogen-bond acceptors (Lipinski definition) is 9. The largest absolute Gasteiger partial charge is 0.457 e. The lowest BCUT2D eigenvalue weighted by molar-refractivity contribution is -0.305. The zero-order chi connectivity index (χ0) is 35.8. The van der Waals surface area contributed by atoms with Crippen LogP contribution in [0.5, 0.6) is 0 Å². The zero-order valence-corrected chi connectivity index (χ0v) is 30.2. The van der Waals surface area contributed by atoms with Crippen LogP contribution in [-0.4, -0.2) is 89.6 Å². The number of aliphatic hydroxyl groups excluding tert-OH is 4. The van der Waals surface area contributed by atoms with Crippen LogP contribution in [0.25, 0.3) is 0 Å². The first-order valence-corrected chi connectivity index (χ1v) is 18.5. The fourth-order valence-corrected chi connectivity index (χ4v) is 4.97. The highest BCUT2D eigenvalue weighted by atomic mass is 16.7. The lowest BCUT2D eigenvalue weighted by atomic mass is 9.99. The summed E-state index contributed by atoms with van der Waals surface area (Å²) in [6.45, 7) is 4.11. The Labute approximate surface area is 296 Å². The van der Waals surface area contributed by atoms with Gasteiger partial charge >= 0.3 is 5.97 Å². The van der Waals surface area contributed by atoms with E-state index in [4.69, 9.17) is 18.9 Å². The molecule has 0 bridgehead atoms. The summed E-state index contributed by atoms with van der Waals surface area (Å²) in [7, 11) is 0. The number of hydrogen-bond donors (Lipinski definition) is 4. The molecule has 0 aromatic rings. The molecule has 1 heterocycles. The van der Waals surface area contributed by atoms with Crippen molar-refractivity contribution in [3.05, 3.63) is 72.9 Å². The molecule has 0 amide bonds. The summed E-state index contributed by atoms with van der Waals surface area (Å²) in [6, 6.07) is 0. The minimum atomic E-state index is -1.55. The molecular weight excluding hydrogens is 624 g/mol. The monoisotopic (exact) mass is 690 g/mol. The van der Waals surface area contributed by atoms with E-state index in [2.05, 4.69) is 80.7 Å². The Morgan fingerprint density at radius 3 is 1.88 bits per heavy atom. The molecule has 0 aliphatic carbocycles. The van der Waals surface area contributed by atoms with Crippen LogP contribution < -0.4 is 0 Å². The summed E-state index contributed by atoms with van der Waals surface area (Å²) in [5.74, 6) is -0.355. The van der Waals surface area contributed by atoms with Crippen molar-refractivity contribution in [2.45, 2.75) is 147 Å². The van der Waals surface area contributed by atoms with Crippen LogP contribution in [0.3, 0.4) is 0 Å². The van der Waals surface area contributed by atoms with Gasteiger partial charge in [0.25, 0.3) is 0 Å². The molecule has 1 aliphatic heterocycles. The van der Waals surface area contributed by atoms with Crippen molar-refractivity contribution in [2.24, 2.45) is 0 Å². The standard InChI is InChI=1S/C40H66O9/c1-3-5-7-9-11-13-15-16-17-18-19-20-22-24-26-28-30-46-32-34(33-47-40-39(45)38(44)37(43)35(31-41)49-40)48-36(42)29-27-25-23-21-14-12-10-8-6-4-2/h5,7-8,10-11,13,16-17,19-20,24,26,34-35,37-41,43-45H,3-4,6,9,12,14-15,18,21-23,25,27-33H2,1-2H3/b7-5-,10-8-,13-11-,17-16-,20-19-,26-24-. The van der Waals surface area contributed by atoms with Gasteiger partial charge < -0.3 is 39.4 Å². The van der Waals surface area contributed by atoms with Crippen LogP contribution in [0.4, 0.5) is 0 Å². The maximum Gasteiger partial charge on any atom is 0.306 e. The highest BCUT2D eigenvalue weighted by Crippen LogP contribution is 2.22. The molecule has 0 aromatic heterocycles. The molecule has 1 aliphatic rings. The van der Waals surface area contributed by atoms with Crippen molar-refractivity contribution in [1.82, 2.24) is 0 Å². The van der Waals surface area contributed by atoms with Crippen LogP contribution in [0.15, 0.2) is 72.9 Å². The smallest absolute Gasteiger partial charge is 0.306 e. The molecule has 9 nitrogen and oxygen atoms in total. The molecule has 6 atom stereocenters. The number of rotatable bonds is 29. The Balaban J connectivity index is 2.41. The topological polar surface area (TPSA) is 135 Å². The second-order valence-electron chi connectivity index (χ2n) is 12.3. The highest BCUT2D eigenvalue weighted by Gasteiger charge is 2.44. The summed E-state index contributed by atoms with van der Waals surface area (Å²) >= 11 is 0. The summed E-state index contributed by atoms with van der Waals surface area (Å²) in [4.78, 5) is 12.6. The molecule has 4 N–H and O–H groups in total. The average molecular weight is 691 g/mol. The van der Waals surface area contributed by atoms with E-state index in [1.165, 1.54) is 6.42 Å². The van der Waals surface area contributed by atoms with Crippen molar-refractivity contribution in [1.29, 1.82) is 0 Å². The predicted molar refractivity (Wildman–Crippen MR) is 196 cm³/mol. The van der Waals surface area contributed by atoms with Crippen molar-refractivity contribution in [3.63, 3.8) is 0 Å². The number of esters is 1. The Morgan fingerprint density at radius 1 is 0.673 bits per heavy atom. The Bertz CT molecular complexity index is 969. The van der Waals surface area contributed by atoms with Gasteiger partial charge in [-0.2, -0.15) is 0 Å². The van der Waals surface area contributed by atoms with Gasteiger partial charge in [0.05, 0.1) is 26.4 Å². The average Bonchev–Trinajstić information content (AvgIpc) is 3.10. The molecule has 49 heavy (non-hydrogen) atoms. The van der Waals surface area contributed by atoms with E-state index in [-0.39, 0.29) is 25.6 Å². The fourth-order valence-electron chi connectivity index (χ4n) is 4.97. The molecule has 9 heteroatoms. The molecule has 1 rings (SSSR count). The number of ether oxygens (including phenoxy) is 4. The molecule has 0 saturated carbocycles. The zero-order valence-electron chi connectivity index (χ0n) is 30.2. The van der Waals surface area contributed by atoms with Crippen LogP contribution in [0, 0.1) is 0 Å². The van der Waals surface area contributed by atoms with Gasteiger partial charge in [0.15, 0.2) is 6.29 Å². The number of unbranched alkanes of at least 4 members (excludes halogenated alkanes) is 6. The second-order valence-corrected chi connectivity index (χ2v) is 12.3. The molecule has 6 unspecified atom stereocenters. The SMILES string of the molecule is CC/C=C\C/C=C\C/C=C\C/C=C\C/C=C\CCOCC(COC1OC(CO)C(O)C(O)C1O)OC(=O)CCCCCCC/C=C\CCC. The van der Waals surface area contributed by atoms with Crippen LogP contribution >= 0.6 is 0 Å². The Hall–Kier alpha value is -2.37. The van der Waals surface area contributed by atoms with Crippen LogP contribution in [0.2, 0.25) is 0 Å². The van der Waals surface area contributed by atoms with Gasteiger partial charge in [0, 0.05) is 6.42 Å². The van der Waals surface area contributed by atoms with Gasteiger partial charge in [0.1, 0.15) is 30.5 Å². The molecule has 1 fully saturated rings. The third-order valence-corrected chi connectivity index (χ3v) is 7.86. The van der Waals surface area contributed by atoms with E-state index in [0.29, 0.717) is 13.0 Å². The summed E-state index contributed by atoms with van der Waals surface area (Å²) in [5, 5.41) is 39.9. The van der Waals surface area contributed by atoms with Crippen LogP contribution in [-0.2, 0) is 23.7 Å².